The third kappa shape index (κ3) is 5.45. The molecule has 1 unspecified atom stereocenters. The van der Waals surface area contributed by atoms with Crippen LogP contribution in [0.3, 0.4) is 0 Å². The number of aromatic nitrogens is 1. The van der Waals surface area contributed by atoms with E-state index in [1.165, 1.54) is 24.4 Å². The van der Waals surface area contributed by atoms with E-state index in [9.17, 15) is 18.0 Å². The number of rotatable bonds is 6. The highest BCUT2D eigenvalue weighted by Gasteiger charge is 2.39. The minimum absolute atomic E-state index is 0.0288. The van der Waals surface area contributed by atoms with Gasteiger partial charge in [0.15, 0.2) is 0 Å². The highest BCUT2D eigenvalue weighted by atomic mass is 19.4. The lowest BCUT2D eigenvalue weighted by atomic mass is 9.88. The maximum atomic E-state index is 14.1. The number of nitrogens with zero attached hydrogens (tertiary/aromatic N) is 1. The lowest BCUT2D eigenvalue weighted by Gasteiger charge is -2.31. The molecule has 188 valence electrons. The van der Waals surface area contributed by atoms with Gasteiger partial charge in [0.25, 0.3) is 0 Å². The van der Waals surface area contributed by atoms with Gasteiger partial charge >= 0.3 is 12.3 Å². The first-order chi connectivity index (χ1) is 17.1. The Morgan fingerprint density at radius 3 is 2.44 bits per heavy atom. The van der Waals surface area contributed by atoms with E-state index in [0.29, 0.717) is 5.69 Å². The molecule has 1 aliphatic rings. The monoisotopic (exact) mass is 498 g/mol. The largest absolute Gasteiger partial charge is 0.513 e. The first-order valence-electron chi connectivity index (χ1n) is 11.4. The van der Waals surface area contributed by atoms with Crippen molar-refractivity contribution in [2.24, 2.45) is 0 Å². The Morgan fingerprint density at radius 1 is 1.06 bits per heavy atom. The van der Waals surface area contributed by atoms with Crippen molar-refractivity contribution in [3.63, 3.8) is 0 Å². The summed E-state index contributed by atoms with van der Waals surface area (Å²) < 4.78 is 58.9. The molecule has 1 aliphatic heterocycles. The molecule has 0 saturated carbocycles. The molecule has 9 heteroatoms. The number of carbonyl (C=O) groups excluding carboxylic acids is 1. The molecule has 3 aromatic rings. The first kappa shape index (κ1) is 25.1. The Hall–Kier alpha value is -4.01. The van der Waals surface area contributed by atoms with E-state index >= 15 is 0 Å². The Bertz CT molecular complexity index is 1270. The predicted octanol–water partition coefficient (Wildman–Crippen LogP) is 6.81. The van der Waals surface area contributed by atoms with Crippen molar-refractivity contribution in [2.45, 2.75) is 45.7 Å². The zero-order valence-electron chi connectivity index (χ0n) is 19.9. The van der Waals surface area contributed by atoms with E-state index in [-0.39, 0.29) is 41.1 Å². The van der Waals surface area contributed by atoms with Crippen molar-refractivity contribution in [1.29, 1.82) is 0 Å². The number of halogens is 3. The van der Waals surface area contributed by atoms with Gasteiger partial charge in [-0.15, -0.1) is 0 Å². The summed E-state index contributed by atoms with van der Waals surface area (Å²) in [5.74, 6) is 0.0894. The number of ether oxygens (including phenoxy) is 3. The number of alkyl halides is 3. The third-order valence-corrected chi connectivity index (χ3v) is 5.42. The van der Waals surface area contributed by atoms with Crippen LogP contribution in [0, 0.1) is 0 Å². The van der Waals surface area contributed by atoms with Gasteiger partial charge < -0.3 is 19.5 Å². The molecular formula is C27H25F3N2O4. The molecule has 0 saturated heterocycles. The maximum Gasteiger partial charge on any atom is 0.513 e. The van der Waals surface area contributed by atoms with Crippen LogP contribution in [0.15, 0.2) is 72.6 Å². The van der Waals surface area contributed by atoms with E-state index in [4.69, 9.17) is 14.2 Å². The minimum atomic E-state index is -4.65. The van der Waals surface area contributed by atoms with E-state index in [0.717, 1.165) is 11.6 Å². The van der Waals surface area contributed by atoms with Gasteiger partial charge in [-0.1, -0.05) is 48.5 Å². The number of benzene rings is 2. The molecule has 0 bridgehead atoms. The van der Waals surface area contributed by atoms with Gasteiger partial charge in [0, 0.05) is 17.5 Å². The second kappa shape index (κ2) is 10.3. The fraction of sp³-hybridized carbons (Fsp3) is 0.259. The molecule has 1 N–H and O–H groups in total. The molecule has 4 rings (SSSR count). The molecule has 1 aromatic heterocycles. The van der Waals surface area contributed by atoms with Gasteiger partial charge in [-0.25, -0.2) is 9.78 Å². The summed E-state index contributed by atoms with van der Waals surface area (Å²) in [7, 11) is 0. The van der Waals surface area contributed by atoms with Crippen LogP contribution >= 0.6 is 0 Å². The number of fused-ring (bicyclic) bond motifs is 1. The molecule has 0 radical (unpaired) electrons. The lowest BCUT2D eigenvalue weighted by Crippen LogP contribution is -2.29. The molecule has 0 amide bonds. The minimum Gasteiger partial charge on any atom is -0.474 e. The summed E-state index contributed by atoms with van der Waals surface area (Å²) in [6.07, 6.45) is -4.49. The molecule has 0 fully saturated rings. The molecule has 1 atom stereocenters. The summed E-state index contributed by atoms with van der Waals surface area (Å²) in [4.78, 5) is 17.0. The maximum absolute atomic E-state index is 14.1. The SMILES string of the molecule is CC(C)Oc1nccc2c1C(c1ccccc1C(F)(F)F)=C(OC(=O)OCc1ccccc1)C(C)N2. The van der Waals surface area contributed by atoms with Crippen LogP contribution in [0.4, 0.5) is 23.7 Å². The second-order valence-corrected chi connectivity index (χ2v) is 8.48. The number of anilines is 1. The molecule has 2 aromatic carbocycles. The van der Waals surface area contributed by atoms with Crippen LogP contribution in [-0.2, 0) is 22.3 Å². The van der Waals surface area contributed by atoms with E-state index < -0.39 is 23.9 Å². The predicted molar refractivity (Wildman–Crippen MR) is 128 cm³/mol. The van der Waals surface area contributed by atoms with Crippen LogP contribution in [0.1, 0.15) is 43.0 Å². The molecule has 0 aliphatic carbocycles. The lowest BCUT2D eigenvalue weighted by molar-refractivity contribution is -0.137. The topological polar surface area (TPSA) is 69.7 Å². The van der Waals surface area contributed by atoms with E-state index in [2.05, 4.69) is 10.3 Å². The zero-order valence-corrected chi connectivity index (χ0v) is 19.9. The number of nitrogens with one attached hydrogen (secondary N) is 1. The van der Waals surface area contributed by atoms with Crippen LogP contribution in [0.2, 0.25) is 0 Å². The molecule has 0 spiro atoms. The van der Waals surface area contributed by atoms with Crippen molar-refractivity contribution in [3.05, 3.63) is 94.9 Å². The average molecular weight is 499 g/mol. The first-order valence-corrected chi connectivity index (χ1v) is 11.4. The fourth-order valence-corrected chi connectivity index (χ4v) is 3.95. The van der Waals surface area contributed by atoms with Crippen molar-refractivity contribution in [1.82, 2.24) is 4.98 Å². The number of pyridine rings is 1. The van der Waals surface area contributed by atoms with Gasteiger partial charge in [-0.05, 0) is 44.0 Å². The summed E-state index contributed by atoms with van der Waals surface area (Å²) in [6, 6.07) is 15.1. The van der Waals surface area contributed by atoms with Crippen molar-refractivity contribution < 1.29 is 32.2 Å². The number of hydrogen-bond acceptors (Lipinski definition) is 6. The van der Waals surface area contributed by atoms with E-state index in [1.807, 2.05) is 6.07 Å². The average Bonchev–Trinajstić information content (AvgIpc) is 2.83. The number of carbonyl (C=O) groups is 1. The van der Waals surface area contributed by atoms with Crippen molar-refractivity contribution in [3.8, 4) is 5.88 Å². The molecule has 6 nitrogen and oxygen atoms in total. The van der Waals surface area contributed by atoms with Crippen LogP contribution in [0.25, 0.3) is 5.57 Å². The molecule has 36 heavy (non-hydrogen) atoms. The fourth-order valence-electron chi connectivity index (χ4n) is 3.95. The standard InChI is InChI=1S/C27H25F3N2O4/c1-16(2)35-25-23-21(13-14-31-25)32-17(3)24(36-26(33)34-15-18-9-5-4-6-10-18)22(23)19-11-7-8-12-20(19)27(28,29)30/h4-14,16-17,32H,15H2,1-3H3. The van der Waals surface area contributed by atoms with Crippen molar-refractivity contribution >= 4 is 17.4 Å². The Balaban J connectivity index is 1.85. The van der Waals surface area contributed by atoms with Gasteiger partial charge in [0.05, 0.1) is 23.3 Å². The summed E-state index contributed by atoms with van der Waals surface area (Å²) in [6.45, 7) is 5.20. The number of hydrogen-bond donors (Lipinski definition) is 1. The third-order valence-electron chi connectivity index (χ3n) is 5.42. The summed E-state index contributed by atoms with van der Waals surface area (Å²) >= 11 is 0. The highest BCUT2D eigenvalue weighted by Crippen LogP contribution is 2.46. The van der Waals surface area contributed by atoms with Crippen LogP contribution in [-0.4, -0.2) is 23.3 Å². The molecule has 2 heterocycles. The smallest absolute Gasteiger partial charge is 0.474 e. The Labute approximate surface area is 206 Å². The van der Waals surface area contributed by atoms with Gasteiger partial charge in [-0.3, -0.25) is 0 Å². The Morgan fingerprint density at radius 2 is 1.75 bits per heavy atom. The van der Waals surface area contributed by atoms with Crippen molar-refractivity contribution in [2.75, 3.05) is 5.32 Å². The summed E-state index contributed by atoms with van der Waals surface area (Å²) in [5, 5.41) is 3.17. The quantitative estimate of drug-likeness (QED) is 0.377. The van der Waals surface area contributed by atoms with Crippen LogP contribution < -0.4 is 10.1 Å². The van der Waals surface area contributed by atoms with E-state index in [1.54, 1.807) is 51.1 Å². The molecular weight excluding hydrogens is 473 g/mol. The van der Waals surface area contributed by atoms with Gasteiger partial charge in [-0.2, -0.15) is 13.2 Å². The van der Waals surface area contributed by atoms with Gasteiger partial charge in [0.2, 0.25) is 5.88 Å². The van der Waals surface area contributed by atoms with Gasteiger partial charge in [0.1, 0.15) is 12.4 Å². The van der Waals surface area contributed by atoms with Crippen LogP contribution in [0.5, 0.6) is 5.88 Å². The second-order valence-electron chi connectivity index (χ2n) is 8.48. The summed E-state index contributed by atoms with van der Waals surface area (Å²) in [5.41, 5.74) is 0.537. The normalized spacial score (nSPS) is 15.2. The zero-order chi connectivity index (χ0) is 25.9. The Kier molecular flexibility index (Phi) is 7.19. The highest BCUT2D eigenvalue weighted by molar-refractivity contribution is 5.94.